The van der Waals surface area contributed by atoms with Gasteiger partial charge in [-0.2, -0.15) is 5.10 Å². The summed E-state index contributed by atoms with van der Waals surface area (Å²) in [5.41, 5.74) is -1.38. The third-order valence-corrected chi connectivity index (χ3v) is 2.14. The van der Waals surface area contributed by atoms with E-state index in [2.05, 4.69) is 10.1 Å². The van der Waals surface area contributed by atoms with E-state index in [1.807, 2.05) is 0 Å². The van der Waals surface area contributed by atoms with Crippen molar-refractivity contribution in [1.82, 2.24) is 9.55 Å². The molecule has 0 spiro atoms. The quantitative estimate of drug-likeness (QED) is 0.578. The second-order valence-electron chi connectivity index (χ2n) is 3.07. The molecule has 0 unspecified atom stereocenters. The van der Waals surface area contributed by atoms with Crippen molar-refractivity contribution in [3.8, 4) is 0 Å². The van der Waals surface area contributed by atoms with Crippen molar-refractivity contribution in [3.05, 3.63) is 26.0 Å². The van der Waals surface area contributed by atoms with E-state index < -0.39 is 11.2 Å². The molecule has 1 aliphatic heterocycles. The smallest absolute Gasteiger partial charge is 0.329 e. The van der Waals surface area contributed by atoms with E-state index in [-0.39, 0.29) is 11.5 Å². The lowest BCUT2D eigenvalue weighted by Crippen LogP contribution is -2.40. The minimum Gasteiger partial charge on any atom is -0.753 e. The van der Waals surface area contributed by atoms with Gasteiger partial charge in [0.2, 0.25) is 0 Å². The van der Waals surface area contributed by atoms with Gasteiger partial charge in [-0.15, -0.1) is 0 Å². The number of nitrogens with zero attached hydrogens (tertiary/aromatic N) is 4. The van der Waals surface area contributed by atoms with Gasteiger partial charge in [0, 0.05) is 14.1 Å². The van der Waals surface area contributed by atoms with Crippen molar-refractivity contribution in [2.24, 2.45) is 12.1 Å². The monoisotopic (exact) mass is 210 g/mol. The van der Waals surface area contributed by atoms with Gasteiger partial charge in [-0.25, -0.2) is 9.80 Å². The Labute approximate surface area is 83.6 Å². The lowest BCUT2D eigenvalue weighted by molar-refractivity contribution is 0.762. The number of hydrogen-bond acceptors (Lipinski definition) is 6. The van der Waals surface area contributed by atoms with Crippen LogP contribution in [-0.2, 0) is 7.05 Å². The van der Waals surface area contributed by atoms with E-state index in [4.69, 9.17) is 0 Å². The molecule has 2 heterocycles. The van der Waals surface area contributed by atoms with Gasteiger partial charge in [-0.3, -0.25) is 14.3 Å². The predicted octanol–water partition coefficient (Wildman–Crippen LogP) is -1.23. The Morgan fingerprint density at radius 1 is 1.40 bits per heavy atom. The first kappa shape index (κ1) is 9.46. The van der Waals surface area contributed by atoms with Gasteiger partial charge in [-0.05, 0) is 0 Å². The number of nitrogens with one attached hydrogen (secondary N) is 1. The van der Waals surface area contributed by atoms with Crippen LogP contribution in [0.25, 0.3) is 0 Å². The maximum Gasteiger partial charge on any atom is 0.329 e. The number of anilines is 2. The molecule has 8 nitrogen and oxygen atoms in total. The highest BCUT2D eigenvalue weighted by molar-refractivity contribution is 5.88. The van der Waals surface area contributed by atoms with Crippen molar-refractivity contribution >= 4 is 17.8 Å². The molecule has 80 valence electrons. The molecule has 1 aliphatic rings. The number of rotatable bonds is 0. The summed E-state index contributed by atoms with van der Waals surface area (Å²) in [6.07, 6.45) is 0.960. The first-order chi connectivity index (χ1) is 7.02. The van der Waals surface area contributed by atoms with Crippen LogP contribution >= 0.6 is 0 Å². The van der Waals surface area contributed by atoms with E-state index in [1.54, 1.807) is 0 Å². The van der Waals surface area contributed by atoms with Crippen molar-refractivity contribution < 1.29 is 0 Å². The molecule has 0 aromatic carbocycles. The molecular weight excluding hydrogens is 202 g/mol. The summed E-state index contributed by atoms with van der Waals surface area (Å²) in [4.78, 5) is 25.3. The number of hydrogen-bond donors (Lipinski definition) is 1. The van der Waals surface area contributed by atoms with Crippen molar-refractivity contribution in [3.63, 3.8) is 0 Å². The zero-order valence-electron chi connectivity index (χ0n) is 8.09. The van der Waals surface area contributed by atoms with Crippen LogP contribution in [0.1, 0.15) is 0 Å². The molecule has 2 rings (SSSR count). The number of hydrazone groups is 1. The van der Waals surface area contributed by atoms with E-state index >= 15 is 0 Å². The SMILES string of the molecule is CN1N=CN([O-])c2c1[nH]c(=O)n(C)c2=O. The largest absolute Gasteiger partial charge is 0.753 e. The summed E-state index contributed by atoms with van der Waals surface area (Å²) >= 11 is 0. The summed E-state index contributed by atoms with van der Waals surface area (Å²) in [6, 6.07) is 0. The first-order valence-electron chi connectivity index (χ1n) is 4.10. The molecule has 0 aliphatic carbocycles. The van der Waals surface area contributed by atoms with Crippen molar-refractivity contribution in [1.29, 1.82) is 0 Å². The van der Waals surface area contributed by atoms with Crippen LogP contribution in [0, 0.1) is 5.21 Å². The fraction of sp³-hybridized carbons (Fsp3) is 0.286. The zero-order valence-corrected chi connectivity index (χ0v) is 8.09. The molecular formula is C7H8N5O3-. The minimum atomic E-state index is -0.651. The van der Waals surface area contributed by atoms with E-state index in [0.717, 1.165) is 10.9 Å². The van der Waals surface area contributed by atoms with Crippen LogP contribution in [-0.4, -0.2) is 22.9 Å². The molecule has 0 atom stereocenters. The van der Waals surface area contributed by atoms with Crippen LogP contribution in [0.4, 0.5) is 11.5 Å². The van der Waals surface area contributed by atoms with Crippen LogP contribution in [0.3, 0.4) is 0 Å². The Bertz CT molecular complexity index is 543. The molecule has 1 aromatic heterocycles. The standard InChI is InChI=1S/C7H8N5O3/c1-10-6(13)4-5(9-7(10)14)11(2)8-3-12(4)15/h3H,1-2H3,(H,9,14)/q-1. The van der Waals surface area contributed by atoms with Gasteiger partial charge in [0.15, 0.2) is 5.82 Å². The third-order valence-electron chi connectivity index (χ3n) is 2.14. The minimum absolute atomic E-state index is 0.0978. The second kappa shape index (κ2) is 2.95. The summed E-state index contributed by atoms with van der Waals surface area (Å²) in [5.74, 6) is 0.0978. The number of aromatic amines is 1. The molecule has 0 bridgehead atoms. The maximum atomic E-state index is 11.6. The van der Waals surface area contributed by atoms with Gasteiger partial charge < -0.3 is 10.3 Å². The van der Waals surface area contributed by atoms with E-state index in [0.29, 0.717) is 5.06 Å². The molecule has 0 saturated carbocycles. The maximum absolute atomic E-state index is 11.6. The van der Waals surface area contributed by atoms with Crippen molar-refractivity contribution in [2.45, 2.75) is 0 Å². The van der Waals surface area contributed by atoms with Crippen LogP contribution in [0.5, 0.6) is 0 Å². The van der Waals surface area contributed by atoms with Gasteiger partial charge >= 0.3 is 5.69 Å². The number of hydroxylamine groups is 1. The van der Waals surface area contributed by atoms with Gasteiger partial charge in [0.1, 0.15) is 12.0 Å². The van der Waals surface area contributed by atoms with Gasteiger partial charge in [0.05, 0.1) is 0 Å². The van der Waals surface area contributed by atoms with Crippen LogP contribution < -0.4 is 21.3 Å². The first-order valence-corrected chi connectivity index (χ1v) is 4.10. The highest BCUT2D eigenvalue weighted by Gasteiger charge is 2.18. The highest BCUT2D eigenvalue weighted by atomic mass is 16.5. The highest BCUT2D eigenvalue weighted by Crippen LogP contribution is 2.22. The fourth-order valence-electron chi connectivity index (χ4n) is 1.27. The molecule has 1 aromatic rings. The Morgan fingerprint density at radius 2 is 2.07 bits per heavy atom. The molecule has 8 heteroatoms. The Morgan fingerprint density at radius 3 is 2.73 bits per heavy atom. The molecule has 15 heavy (non-hydrogen) atoms. The third kappa shape index (κ3) is 1.22. The van der Waals surface area contributed by atoms with E-state index in [9.17, 15) is 14.8 Å². The average Bonchev–Trinajstić information content (AvgIpc) is 2.20. The van der Waals surface area contributed by atoms with Crippen LogP contribution in [0.2, 0.25) is 0 Å². The number of aromatic nitrogens is 2. The molecule has 0 saturated heterocycles. The van der Waals surface area contributed by atoms with E-state index in [1.165, 1.54) is 19.1 Å². The molecule has 1 N–H and O–H groups in total. The summed E-state index contributed by atoms with van der Waals surface area (Å²) in [5, 5.41) is 16.6. The molecule has 0 radical (unpaired) electrons. The number of H-pyrrole nitrogens is 1. The Hall–Kier alpha value is -2.09. The van der Waals surface area contributed by atoms with Crippen LogP contribution in [0.15, 0.2) is 14.7 Å². The van der Waals surface area contributed by atoms with Crippen molar-refractivity contribution in [2.75, 3.05) is 17.1 Å². The van der Waals surface area contributed by atoms with Gasteiger partial charge in [-0.1, -0.05) is 0 Å². The summed E-state index contributed by atoms with van der Waals surface area (Å²) in [7, 11) is 2.82. The molecule has 0 fully saturated rings. The predicted molar refractivity (Wildman–Crippen MR) is 55.0 cm³/mol. The normalized spacial score (nSPS) is 14.3. The number of fused-ring (bicyclic) bond motifs is 1. The summed E-state index contributed by atoms with van der Waals surface area (Å²) < 4.78 is 0.830. The van der Waals surface area contributed by atoms with Gasteiger partial charge in [0.25, 0.3) is 5.56 Å². The topological polar surface area (TPSA) is 96.8 Å². The Balaban J connectivity index is 2.84. The molecule has 0 amide bonds. The average molecular weight is 210 g/mol. The lowest BCUT2D eigenvalue weighted by Gasteiger charge is -2.32. The Kier molecular flexibility index (Phi) is 1.86. The lowest BCUT2D eigenvalue weighted by atomic mass is 10.4. The zero-order chi connectivity index (χ0) is 11.2. The summed E-state index contributed by atoms with van der Waals surface area (Å²) in [6.45, 7) is 0. The fourth-order valence-corrected chi connectivity index (χ4v) is 1.27. The second-order valence-corrected chi connectivity index (χ2v) is 3.07.